The van der Waals surface area contributed by atoms with E-state index in [1.54, 1.807) is 0 Å². The second-order valence-corrected chi connectivity index (χ2v) is 9.37. The van der Waals surface area contributed by atoms with Crippen molar-refractivity contribution in [2.45, 2.75) is 10.5 Å². The third-order valence-corrected chi connectivity index (χ3v) is 9.85. The zero-order chi connectivity index (χ0) is 7.52. The van der Waals surface area contributed by atoms with E-state index in [1.165, 1.54) is 23.0 Å². The molecule has 0 N–H and O–H groups in total. The Balaban J connectivity index is 1.46. The van der Waals surface area contributed by atoms with E-state index in [2.05, 4.69) is 45.1 Å². The van der Waals surface area contributed by atoms with E-state index in [-0.39, 0.29) is 0 Å². The van der Waals surface area contributed by atoms with Gasteiger partial charge in [-0.15, -0.1) is 0 Å². The SMILES string of the molecule is C1SCC1SSSC1CSC1. The van der Waals surface area contributed by atoms with Crippen LogP contribution >= 0.6 is 54.9 Å². The van der Waals surface area contributed by atoms with Gasteiger partial charge in [0.05, 0.1) is 0 Å². The molecule has 0 saturated carbocycles. The molecule has 2 fully saturated rings. The monoisotopic (exact) mass is 242 g/mol. The van der Waals surface area contributed by atoms with E-state index in [4.69, 9.17) is 0 Å². The smallest absolute Gasteiger partial charge is 0.0340 e. The van der Waals surface area contributed by atoms with Crippen LogP contribution in [0.5, 0.6) is 0 Å². The lowest BCUT2D eigenvalue weighted by Crippen LogP contribution is -2.20. The van der Waals surface area contributed by atoms with Gasteiger partial charge in [0, 0.05) is 33.5 Å². The molecule has 0 bridgehead atoms. The summed E-state index contributed by atoms with van der Waals surface area (Å²) in [5, 5.41) is 1.93. The van der Waals surface area contributed by atoms with Crippen molar-refractivity contribution in [3.05, 3.63) is 0 Å². The van der Waals surface area contributed by atoms with E-state index in [0.717, 1.165) is 10.5 Å². The van der Waals surface area contributed by atoms with Crippen molar-refractivity contribution < 1.29 is 0 Å². The van der Waals surface area contributed by atoms with Gasteiger partial charge in [-0.3, -0.25) is 0 Å². The quantitative estimate of drug-likeness (QED) is 0.692. The van der Waals surface area contributed by atoms with Gasteiger partial charge in [-0.05, 0) is 9.83 Å². The highest BCUT2D eigenvalue weighted by molar-refractivity contribution is 9.09. The van der Waals surface area contributed by atoms with Crippen molar-refractivity contribution in [1.29, 1.82) is 0 Å². The number of hydrogen-bond acceptors (Lipinski definition) is 5. The summed E-state index contributed by atoms with van der Waals surface area (Å²) >= 11 is 4.15. The average Bonchev–Trinajstić information content (AvgIpc) is 1.79. The van der Waals surface area contributed by atoms with Crippen LogP contribution in [0.25, 0.3) is 0 Å². The summed E-state index contributed by atoms with van der Waals surface area (Å²) < 4.78 is 0. The molecule has 0 amide bonds. The average molecular weight is 242 g/mol. The molecular weight excluding hydrogens is 232 g/mol. The first-order chi connectivity index (χ1) is 5.45. The molecule has 11 heavy (non-hydrogen) atoms. The Labute approximate surface area is 88.0 Å². The summed E-state index contributed by atoms with van der Waals surface area (Å²) in [6.45, 7) is 0. The molecule has 2 aliphatic rings. The zero-order valence-corrected chi connectivity index (χ0v) is 10.1. The molecule has 64 valence electrons. The highest BCUT2D eigenvalue weighted by Crippen LogP contribution is 2.47. The lowest BCUT2D eigenvalue weighted by Gasteiger charge is -2.26. The van der Waals surface area contributed by atoms with Crippen LogP contribution in [0.15, 0.2) is 0 Å². The highest BCUT2D eigenvalue weighted by atomic mass is 33.5. The van der Waals surface area contributed by atoms with E-state index < -0.39 is 0 Å². The topological polar surface area (TPSA) is 0 Å². The number of rotatable bonds is 4. The van der Waals surface area contributed by atoms with Crippen LogP contribution in [0.2, 0.25) is 0 Å². The van der Waals surface area contributed by atoms with Crippen LogP contribution in [-0.2, 0) is 0 Å². The first kappa shape index (κ1) is 9.31. The van der Waals surface area contributed by atoms with E-state index in [1.807, 2.05) is 9.83 Å². The third kappa shape index (κ3) is 2.86. The van der Waals surface area contributed by atoms with Gasteiger partial charge < -0.3 is 0 Å². The highest BCUT2D eigenvalue weighted by Gasteiger charge is 2.22. The maximum Gasteiger partial charge on any atom is 0.0340 e. The Morgan fingerprint density at radius 3 is 1.55 bits per heavy atom. The molecule has 2 aliphatic heterocycles. The van der Waals surface area contributed by atoms with Crippen molar-refractivity contribution in [3.8, 4) is 0 Å². The predicted octanol–water partition coefficient (Wildman–Crippen LogP) is 3.25. The standard InChI is InChI=1S/C6H10S5/c1-5(2-7-1)9-11-10-6-3-8-4-6/h5-6H,1-4H2. The summed E-state index contributed by atoms with van der Waals surface area (Å²) in [4.78, 5) is 0. The second-order valence-electron chi connectivity index (χ2n) is 2.58. The summed E-state index contributed by atoms with van der Waals surface area (Å²) in [6, 6.07) is 0. The molecule has 2 saturated heterocycles. The molecule has 2 heterocycles. The van der Waals surface area contributed by atoms with Crippen molar-refractivity contribution in [2.75, 3.05) is 23.0 Å². The molecule has 0 atom stereocenters. The molecule has 0 unspecified atom stereocenters. The van der Waals surface area contributed by atoms with Gasteiger partial charge in [-0.25, -0.2) is 0 Å². The fourth-order valence-corrected chi connectivity index (χ4v) is 9.05. The molecule has 2 rings (SSSR count). The zero-order valence-electron chi connectivity index (χ0n) is 6.02. The maximum absolute atomic E-state index is 2.09. The van der Waals surface area contributed by atoms with Gasteiger partial charge in [0.2, 0.25) is 0 Å². The first-order valence-corrected chi connectivity index (χ1v) is 9.51. The van der Waals surface area contributed by atoms with Crippen molar-refractivity contribution in [2.24, 2.45) is 0 Å². The Morgan fingerprint density at radius 1 is 0.818 bits per heavy atom. The molecule has 0 nitrogen and oxygen atoms in total. The lowest BCUT2D eigenvalue weighted by molar-refractivity contribution is 1.09. The minimum absolute atomic E-state index is 0.963. The largest absolute Gasteiger partial charge is 0.160 e. The molecule has 5 heteroatoms. The molecule has 0 aromatic heterocycles. The number of thioether (sulfide) groups is 2. The summed E-state index contributed by atoms with van der Waals surface area (Å²) in [5.41, 5.74) is 0. The van der Waals surface area contributed by atoms with Crippen molar-refractivity contribution in [3.63, 3.8) is 0 Å². The van der Waals surface area contributed by atoms with Crippen LogP contribution in [0, 0.1) is 0 Å². The first-order valence-electron chi connectivity index (χ1n) is 3.59. The number of hydrogen-bond donors (Lipinski definition) is 0. The Kier molecular flexibility index (Phi) is 4.10. The molecule has 0 radical (unpaired) electrons. The maximum atomic E-state index is 2.09. The van der Waals surface area contributed by atoms with Crippen LogP contribution in [0.3, 0.4) is 0 Å². The summed E-state index contributed by atoms with van der Waals surface area (Å²) in [7, 11) is 6.21. The predicted molar refractivity (Wildman–Crippen MR) is 65.0 cm³/mol. The van der Waals surface area contributed by atoms with Gasteiger partial charge in [-0.1, -0.05) is 21.6 Å². The minimum atomic E-state index is 0.963. The Morgan fingerprint density at radius 2 is 1.27 bits per heavy atom. The van der Waals surface area contributed by atoms with Gasteiger partial charge >= 0.3 is 0 Å². The fourth-order valence-electron chi connectivity index (χ4n) is 0.673. The van der Waals surface area contributed by atoms with Crippen LogP contribution in [-0.4, -0.2) is 33.5 Å². The fraction of sp³-hybridized carbons (Fsp3) is 1.00. The third-order valence-electron chi connectivity index (χ3n) is 1.57. The van der Waals surface area contributed by atoms with Gasteiger partial charge in [-0.2, -0.15) is 23.5 Å². The second kappa shape index (κ2) is 4.84. The Hall–Kier alpha value is 1.75. The van der Waals surface area contributed by atoms with E-state index in [0.29, 0.717) is 0 Å². The molecule has 0 aliphatic carbocycles. The molecule has 0 spiro atoms. The Bertz CT molecular complexity index is 106. The van der Waals surface area contributed by atoms with Crippen LogP contribution in [0.4, 0.5) is 0 Å². The van der Waals surface area contributed by atoms with Crippen LogP contribution < -0.4 is 0 Å². The molecule has 0 aromatic rings. The molecule has 0 aromatic carbocycles. The van der Waals surface area contributed by atoms with Crippen LogP contribution in [0.1, 0.15) is 0 Å². The molecular formula is C6H10S5. The minimum Gasteiger partial charge on any atom is -0.160 e. The van der Waals surface area contributed by atoms with Crippen molar-refractivity contribution >= 4 is 54.9 Å². The van der Waals surface area contributed by atoms with Gasteiger partial charge in [0.25, 0.3) is 0 Å². The normalized spacial score (nSPS) is 26.2. The summed E-state index contributed by atoms with van der Waals surface area (Å²) in [5.74, 6) is 5.55. The van der Waals surface area contributed by atoms with Gasteiger partial charge in [0.15, 0.2) is 0 Å². The summed E-state index contributed by atoms with van der Waals surface area (Å²) in [6.07, 6.45) is 0. The van der Waals surface area contributed by atoms with E-state index >= 15 is 0 Å². The lowest BCUT2D eigenvalue weighted by atomic mass is 10.5. The van der Waals surface area contributed by atoms with Crippen molar-refractivity contribution in [1.82, 2.24) is 0 Å². The van der Waals surface area contributed by atoms with Gasteiger partial charge in [0.1, 0.15) is 0 Å². The van der Waals surface area contributed by atoms with E-state index in [9.17, 15) is 0 Å².